The standard InChI is InChI=1S/C23H14FNO4/c24-18-7-3-2-6-16(18)21-12-10-15(29-21)13-17(22(26)23(27)28)20-11-9-14-5-1-4-8-19(14)25-20/h1-13H,(H,27,28). The number of halogens is 1. The van der Waals surface area contributed by atoms with E-state index in [1.165, 1.54) is 18.2 Å². The van der Waals surface area contributed by atoms with Gasteiger partial charge in [-0.1, -0.05) is 36.4 Å². The van der Waals surface area contributed by atoms with E-state index in [-0.39, 0.29) is 28.4 Å². The normalized spacial score (nSPS) is 11.6. The molecule has 0 aliphatic heterocycles. The Morgan fingerprint density at radius 3 is 2.48 bits per heavy atom. The van der Waals surface area contributed by atoms with Crippen molar-refractivity contribution in [2.24, 2.45) is 0 Å². The zero-order valence-corrected chi connectivity index (χ0v) is 15.0. The molecule has 0 aliphatic rings. The highest BCUT2D eigenvalue weighted by atomic mass is 19.1. The summed E-state index contributed by atoms with van der Waals surface area (Å²) in [4.78, 5) is 28.0. The molecular weight excluding hydrogens is 373 g/mol. The van der Waals surface area contributed by atoms with Crippen molar-refractivity contribution in [2.75, 3.05) is 0 Å². The summed E-state index contributed by atoms with van der Waals surface area (Å²) in [6, 6.07) is 19.8. The lowest BCUT2D eigenvalue weighted by Gasteiger charge is -2.05. The fourth-order valence-electron chi connectivity index (χ4n) is 2.97. The van der Waals surface area contributed by atoms with E-state index in [4.69, 9.17) is 4.42 Å². The number of Topliss-reactive ketones (excluding diaryl/α,β-unsaturated/α-hetero) is 1. The number of carbonyl (C=O) groups excluding carboxylic acids is 1. The largest absolute Gasteiger partial charge is 0.475 e. The molecule has 4 rings (SSSR count). The maximum atomic E-state index is 14.0. The molecule has 4 aromatic rings. The molecule has 0 radical (unpaired) electrons. The Kier molecular flexibility index (Phi) is 4.75. The molecule has 1 N–H and O–H groups in total. The molecule has 29 heavy (non-hydrogen) atoms. The summed E-state index contributed by atoms with van der Waals surface area (Å²) in [5.74, 6) is -2.69. The minimum atomic E-state index is -1.60. The van der Waals surface area contributed by atoms with Crippen molar-refractivity contribution < 1.29 is 23.5 Å². The molecule has 5 nitrogen and oxygen atoms in total. The number of hydrogen-bond donors (Lipinski definition) is 1. The fraction of sp³-hybridized carbons (Fsp3) is 0. The van der Waals surface area contributed by atoms with E-state index in [2.05, 4.69) is 4.98 Å². The highest BCUT2D eigenvalue weighted by molar-refractivity contribution is 6.52. The van der Waals surface area contributed by atoms with E-state index >= 15 is 0 Å². The third-order valence-corrected chi connectivity index (χ3v) is 4.37. The average Bonchev–Trinajstić information content (AvgIpc) is 3.20. The molecule has 0 bridgehead atoms. The molecule has 0 amide bonds. The number of pyridine rings is 1. The predicted molar refractivity (Wildman–Crippen MR) is 106 cm³/mol. The number of ketones is 1. The van der Waals surface area contributed by atoms with Crippen molar-refractivity contribution in [1.29, 1.82) is 0 Å². The van der Waals surface area contributed by atoms with Crippen LogP contribution in [0.4, 0.5) is 4.39 Å². The Morgan fingerprint density at radius 2 is 1.69 bits per heavy atom. The van der Waals surface area contributed by atoms with Crippen LogP contribution in [0.2, 0.25) is 0 Å². The number of carboxylic acids is 1. The summed E-state index contributed by atoms with van der Waals surface area (Å²) in [7, 11) is 0. The van der Waals surface area contributed by atoms with Crippen LogP contribution in [0.1, 0.15) is 11.5 Å². The van der Waals surface area contributed by atoms with Gasteiger partial charge in [-0.2, -0.15) is 0 Å². The van der Waals surface area contributed by atoms with Gasteiger partial charge in [-0.05, 0) is 42.5 Å². The molecule has 0 saturated carbocycles. The van der Waals surface area contributed by atoms with Crippen LogP contribution in [0.15, 0.2) is 77.2 Å². The summed E-state index contributed by atoms with van der Waals surface area (Å²) >= 11 is 0. The number of aliphatic carboxylic acids is 1. The van der Waals surface area contributed by atoms with E-state index in [0.29, 0.717) is 5.52 Å². The Morgan fingerprint density at radius 1 is 0.931 bits per heavy atom. The zero-order chi connectivity index (χ0) is 20.4. The van der Waals surface area contributed by atoms with Crippen LogP contribution in [0.5, 0.6) is 0 Å². The monoisotopic (exact) mass is 387 g/mol. The van der Waals surface area contributed by atoms with Crippen molar-refractivity contribution in [1.82, 2.24) is 4.98 Å². The van der Waals surface area contributed by atoms with E-state index in [1.54, 1.807) is 48.5 Å². The number of rotatable bonds is 5. The van der Waals surface area contributed by atoms with Gasteiger partial charge in [0.05, 0.1) is 22.3 Å². The smallest absolute Gasteiger partial charge is 0.377 e. The van der Waals surface area contributed by atoms with Gasteiger partial charge in [0.1, 0.15) is 17.3 Å². The second kappa shape index (κ2) is 7.52. The second-order valence-electron chi connectivity index (χ2n) is 6.26. The van der Waals surface area contributed by atoms with E-state index in [0.717, 1.165) is 5.39 Å². The van der Waals surface area contributed by atoms with Crippen molar-refractivity contribution in [3.05, 3.63) is 90.1 Å². The number of benzene rings is 2. The van der Waals surface area contributed by atoms with Gasteiger partial charge in [-0.3, -0.25) is 4.79 Å². The van der Waals surface area contributed by atoms with Crippen molar-refractivity contribution >= 4 is 34.3 Å². The quantitative estimate of drug-likeness (QED) is 0.392. The lowest BCUT2D eigenvalue weighted by Crippen LogP contribution is -2.15. The highest BCUT2D eigenvalue weighted by Crippen LogP contribution is 2.27. The van der Waals surface area contributed by atoms with Gasteiger partial charge in [0.25, 0.3) is 5.78 Å². The predicted octanol–water partition coefficient (Wildman–Crippen LogP) is 4.83. The summed E-state index contributed by atoms with van der Waals surface area (Å²) in [5, 5.41) is 10.1. The molecule has 2 aromatic heterocycles. The number of fused-ring (bicyclic) bond motifs is 1. The van der Waals surface area contributed by atoms with Crippen LogP contribution < -0.4 is 0 Å². The van der Waals surface area contributed by atoms with Crippen LogP contribution in [-0.2, 0) is 9.59 Å². The van der Waals surface area contributed by atoms with Gasteiger partial charge in [-0.15, -0.1) is 0 Å². The number of hydrogen-bond acceptors (Lipinski definition) is 4. The summed E-state index contributed by atoms with van der Waals surface area (Å²) in [6.07, 6.45) is 1.30. The van der Waals surface area contributed by atoms with Crippen LogP contribution in [-0.4, -0.2) is 21.8 Å². The molecule has 0 spiro atoms. The van der Waals surface area contributed by atoms with Gasteiger partial charge in [0.15, 0.2) is 0 Å². The topological polar surface area (TPSA) is 80.4 Å². The van der Waals surface area contributed by atoms with Crippen molar-refractivity contribution in [3.8, 4) is 11.3 Å². The van der Waals surface area contributed by atoms with E-state index in [9.17, 15) is 19.1 Å². The molecule has 2 heterocycles. The maximum Gasteiger partial charge on any atom is 0.377 e. The summed E-state index contributed by atoms with van der Waals surface area (Å²) in [6.45, 7) is 0. The van der Waals surface area contributed by atoms with E-state index in [1.807, 2.05) is 12.1 Å². The van der Waals surface area contributed by atoms with Crippen LogP contribution >= 0.6 is 0 Å². The number of carboxylic acid groups (broad SMARTS) is 1. The van der Waals surface area contributed by atoms with Gasteiger partial charge in [-0.25, -0.2) is 14.2 Å². The first kappa shape index (κ1) is 18.3. The maximum absolute atomic E-state index is 14.0. The SMILES string of the molecule is O=C(O)C(=O)C(=Cc1ccc(-c2ccccc2F)o1)c1ccc2ccccc2n1. The van der Waals surface area contributed by atoms with Gasteiger partial charge < -0.3 is 9.52 Å². The molecular formula is C23H14FNO4. The lowest BCUT2D eigenvalue weighted by molar-refractivity contribution is -0.146. The number of aromatic nitrogens is 1. The van der Waals surface area contributed by atoms with Gasteiger partial charge >= 0.3 is 5.97 Å². The van der Waals surface area contributed by atoms with Crippen LogP contribution in [0.25, 0.3) is 33.9 Å². The lowest BCUT2D eigenvalue weighted by atomic mass is 10.0. The minimum absolute atomic E-state index is 0.127. The molecule has 0 saturated heterocycles. The van der Waals surface area contributed by atoms with E-state index < -0.39 is 17.6 Å². The Labute approximate surface area is 164 Å². The molecule has 0 fully saturated rings. The summed E-state index contributed by atoms with van der Waals surface area (Å²) < 4.78 is 19.6. The van der Waals surface area contributed by atoms with Gasteiger partial charge in [0.2, 0.25) is 0 Å². The molecule has 0 aliphatic carbocycles. The zero-order valence-electron chi connectivity index (χ0n) is 15.0. The number of para-hydroxylation sites is 1. The third kappa shape index (κ3) is 3.68. The van der Waals surface area contributed by atoms with Crippen LogP contribution in [0.3, 0.4) is 0 Å². The highest BCUT2D eigenvalue weighted by Gasteiger charge is 2.22. The fourth-order valence-corrected chi connectivity index (χ4v) is 2.97. The Balaban J connectivity index is 1.80. The number of nitrogens with zero attached hydrogens (tertiary/aromatic N) is 1. The van der Waals surface area contributed by atoms with Gasteiger partial charge in [0, 0.05) is 5.39 Å². The molecule has 2 aromatic carbocycles. The van der Waals surface area contributed by atoms with Crippen molar-refractivity contribution in [3.63, 3.8) is 0 Å². The first-order valence-electron chi connectivity index (χ1n) is 8.73. The molecule has 0 atom stereocenters. The third-order valence-electron chi connectivity index (χ3n) is 4.37. The number of furan rings is 1. The van der Waals surface area contributed by atoms with Crippen molar-refractivity contribution in [2.45, 2.75) is 0 Å². The Hall–Kier alpha value is -4.06. The first-order chi connectivity index (χ1) is 14.0. The Bertz CT molecular complexity index is 1270. The second-order valence-corrected chi connectivity index (χ2v) is 6.26. The van der Waals surface area contributed by atoms with Crippen LogP contribution in [0, 0.1) is 5.82 Å². The molecule has 0 unspecified atom stereocenters. The minimum Gasteiger partial charge on any atom is -0.475 e. The molecule has 142 valence electrons. The summed E-state index contributed by atoms with van der Waals surface area (Å²) in [5.41, 5.74) is 0.972. The molecule has 6 heteroatoms. The first-order valence-corrected chi connectivity index (χ1v) is 8.73. The number of carbonyl (C=O) groups is 2. The average molecular weight is 387 g/mol.